The first-order chi connectivity index (χ1) is 22.1. The maximum Gasteiger partial charge on any atom is 0.416 e. The molecule has 0 aromatic heterocycles. The molecule has 238 valence electrons. The highest BCUT2D eigenvalue weighted by molar-refractivity contribution is 6.30. The van der Waals surface area contributed by atoms with Gasteiger partial charge in [-0.2, -0.15) is 13.2 Å². The Kier molecular flexibility index (Phi) is 9.29. The van der Waals surface area contributed by atoms with E-state index in [0.717, 1.165) is 36.1 Å². The number of rotatable bonds is 6. The Bertz CT molecular complexity index is 1710. The number of halogens is 5. The summed E-state index contributed by atoms with van der Waals surface area (Å²) >= 11 is 12.5. The summed E-state index contributed by atoms with van der Waals surface area (Å²) in [6, 6.07) is 26.5. The Morgan fingerprint density at radius 3 is 2.04 bits per heavy atom. The molecule has 6 rings (SSSR count). The predicted molar refractivity (Wildman–Crippen MR) is 175 cm³/mol. The van der Waals surface area contributed by atoms with E-state index < -0.39 is 23.8 Å². The number of nitrogens with zero attached hydrogens (tertiary/aromatic N) is 3. The van der Waals surface area contributed by atoms with E-state index in [2.05, 4.69) is 12.1 Å². The van der Waals surface area contributed by atoms with Crippen LogP contribution in [0, 0.1) is 0 Å². The highest BCUT2D eigenvalue weighted by Crippen LogP contribution is 2.46. The van der Waals surface area contributed by atoms with Crippen LogP contribution in [0.25, 0.3) is 0 Å². The van der Waals surface area contributed by atoms with Crippen LogP contribution in [-0.2, 0) is 6.18 Å². The van der Waals surface area contributed by atoms with E-state index in [1.807, 2.05) is 47.4 Å². The SMILES string of the molecule is CCOc1cc(C(F)(F)F)ccc1C1=NC(c2ccc(Cl)cc2)C(c2ccc(Cl)cc2)N1C(=O)N1CCC(c2ccccc2)CC1. The molecular formula is C36H32Cl2F3N3O2. The lowest BCUT2D eigenvalue weighted by Crippen LogP contribution is -2.49. The van der Waals surface area contributed by atoms with Crippen LogP contribution < -0.4 is 4.74 Å². The first-order valence-electron chi connectivity index (χ1n) is 15.2. The van der Waals surface area contributed by atoms with Crippen molar-refractivity contribution in [3.8, 4) is 5.75 Å². The van der Waals surface area contributed by atoms with Gasteiger partial charge in [0.25, 0.3) is 0 Å². The van der Waals surface area contributed by atoms with E-state index in [4.69, 9.17) is 32.9 Å². The van der Waals surface area contributed by atoms with Gasteiger partial charge in [0.2, 0.25) is 0 Å². The molecule has 2 aliphatic heterocycles. The third-order valence-electron chi connectivity index (χ3n) is 8.58. The third kappa shape index (κ3) is 6.60. The van der Waals surface area contributed by atoms with Gasteiger partial charge in [0, 0.05) is 23.1 Å². The van der Waals surface area contributed by atoms with Gasteiger partial charge >= 0.3 is 12.2 Å². The number of carbonyl (C=O) groups excluding carboxylic acids is 1. The number of alkyl halides is 3. The number of amides is 2. The van der Waals surface area contributed by atoms with Gasteiger partial charge in [0.15, 0.2) is 0 Å². The van der Waals surface area contributed by atoms with E-state index in [9.17, 15) is 18.0 Å². The Labute approximate surface area is 276 Å². The molecule has 4 aromatic carbocycles. The van der Waals surface area contributed by atoms with Crippen LogP contribution in [0.15, 0.2) is 102 Å². The van der Waals surface area contributed by atoms with E-state index in [-0.39, 0.29) is 24.2 Å². The van der Waals surface area contributed by atoms with Crippen molar-refractivity contribution in [2.24, 2.45) is 4.99 Å². The molecule has 10 heteroatoms. The van der Waals surface area contributed by atoms with E-state index in [1.165, 1.54) is 11.6 Å². The van der Waals surface area contributed by atoms with Crippen LogP contribution in [0.3, 0.4) is 0 Å². The Morgan fingerprint density at radius 1 is 0.848 bits per heavy atom. The molecule has 46 heavy (non-hydrogen) atoms. The number of benzene rings is 4. The van der Waals surface area contributed by atoms with Crippen molar-refractivity contribution in [1.29, 1.82) is 0 Å². The van der Waals surface area contributed by atoms with Crippen LogP contribution >= 0.6 is 23.2 Å². The fourth-order valence-corrected chi connectivity index (χ4v) is 6.55. The molecule has 0 saturated carbocycles. The number of hydrogen-bond acceptors (Lipinski definition) is 3. The number of piperidine rings is 1. The second-order valence-corrected chi connectivity index (χ2v) is 12.3. The minimum Gasteiger partial charge on any atom is -0.493 e. The molecule has 0 radical (unpaired) electrons. The van der Waals surface area contributed by atoms with Crippen molar-refractivity contribution >= 4 is 35.1 Å². The van der Waals surface area contributed by atoms with Gasteiger partial charge in [-0.1, -0.05) is 77.8 Å². The van der Waals surface area contributed by atoms with Gasteiger partial charge in [0.1, 0.15) is 17.6 Å². The Morgan fingerprint density at radius 2 is 1.46 bits per heavy atom. The number of carbonyl (C=O) groups is 1. The highest BCUT2D eigenvalue weighted by atomic mass is 35.5. The Balaban J connectivity index is 1.45. The van der Waals surface area contributed by atoms with Crippen molar-refractivity contribution in [3.05, 3.63) is 135 Å². The summed E-state index contributed by atoms with van der Waals surface area (Å²) in [6.07, 6.45) is -3.00. The van der Waals surface area contributed by atoms with Crippen LogP contribution in [0.4, 0.5) is 18.0 Å². The number of likely N-dealkylation sites (tertiary alicyclic amines) is 1. The maximum absolute atomic E-state index is 14.7. The molecule has 2 amide bonds. The molecule has 2 unspecified atom stereocenters. The summed E-state index contributed by atoms with van der Waals surface area (Å²) in [5, 5.41) is 1.08. The van der Waals surface area contributed by atoms with Crippen LogP contribution in [0.2, 0.25) is 10.0 Å². The van der Waals surface area contributed by atoms with Gasteiger partial charge < -0.3 is 9.64 Å². The van der Waals surface area contributed by atoms with Crippen molar-refractivity contribution in [2.45, 2.75) is 43.9 Å². The minimum absolute atomic E-state index is 0.00303. The summed E-state index contributed by atoms with van der Waals surface area (Å²) in [4.78, 5) is 23.2. The second-order valence-electron chi connectivity index (χ2n) is 11.4. The average Bonchev–Trinajstić information content (AvgIpc) is 3.45. The van der Waals surface area contributed by atoms with Crippen LogP contribution in [-0.4, -0.2) is 41.4 Å². The number of ether oxygens (including phenoxy) is 1. The number of aliphatic imine (C=N–C) groups is 1. The zero-order valence-electron chi connectivity index (χ0n) is 25.1. The van der Waals surface area contributed by atoms with Crippen molar-refractivity contribution in [3.63, 3.8) is 0 Å². The Hall–Kier alpha value is -4.01. The van der Waals surface area contributed by atoms with Crippen molar-refractivity contribution < 1.29 is 22.7 Å². The van der Waals surface area contributed by atoms with Gasteiger partial charge in [-0.15, -0.1) is 0 Å². The summed E-state index contributed by atoms with van der Waals surface area (Å²) < 4.78 is 47.1. The average molecular weight is 667 g/mol. The summed E-state index contributed by atoms with van der Waals surface area (Å²) in [7, 11) is 0. The third-order valence-corrected chi connectivity index (χ3v) is 9.09. The fourth-order valence-electron chi connectivity index (χ4n) is 6.29. The smallest absolute Gasteiger partial charge is 0.416 e. The molecule has 0 bridgehead atoms. The minimum atomic E-state index is -4.57. The van der Waals surface area contributed by atoms with Crippen LogP contribution in [0.1, 0.15) is 65.6 Å². The maximum atomic E-state index is 14.7. The number of amidine groups is 1. The zero-order chi connectivity index (χ0) is 32.4. The lowest BCUT2D eigenvalue weighted by Gasteiger charge is -2.38. The van der Waals surface area contributed by atoms with Gasteiger partial charge in [0.05, 0.1) is 23.8 Å². The number of urea groups is 1. The summed E-state index contributed by atoms with van der Waals surface area (Å²) in [5.41, 5.74) is 2.27. The zero-order valence-corrected chi connectivity index (χ0v) is 26.6. The topological polar surface area (TPSA) is 45.1 Å². The molecule has 0 aliphatic carbocycles. The lowest BCUT2D eigenvalue weighted by molar-refractivity contribution is -0.137. The largest absolute Gasteiger partial charge is 0.493 e. The molecule has 0 N–H and O–H groups in total. The molecule has 1 saturated heterocycles. The fraction of sp³-hybridized carbons (Fsp3) is 0.278. The second kappa shape index (κ2) is 13.4. The van der Waals surface area contributed by atoms with Crippen molar-refractivity contribution in [1.82, 2.24) is 9.80 Å². The van der Waals surface area contributed by atoms with Gasteiger partial charge in [-0.05, 0) is 84.8 Å². The number of hydrogen-bond donors (Lipinski definition) is 0. The lowest BCUT2D eigenvalue weighted by atomic mass is 9.89. The quantitative estimate of drug-likeness (QED) is 0.206. The molecule has 2 heterocycles. The highest BCUT2D eigenvalue weighted by Gasteiger charge is 2.45. The first kappa shape index (κ1) is 32.0. The van der Waals surface area contributed by atoms with E-state index >= 15 is 0 Å². The molecule has 2 atom stereocenters. The molecule has 5 nitrogen and oxygen atoms in total. The molecule has 2 aliphatic rings. The van der Waals surface area contributed by atoms with Crippen LogP contribution in [0.5, 0.6) is 5.75 Å². The van der Waals surface area contributed by atoms with E-state index in [1.54, 1.807) is 36.1 Å². The monoisotopic (exact) mass is 665 g/mol. The molecule has 0 spiro atoms. The summed E-state index contributed by atoms with van der Waals surface area (Å²) in [5.74, 6) is 0.570. The normalized spacial score (nSPS) is 18.9. The predicted octanol–water partition coefficient (Wildman–Crippen LogP) is 9.96. The van der Waals surface area contributed by atoms with E-state index in [0.29, 0.717) is 34.6 Å². The standard InChI is InChI=1S/C36H32Cl2F3N3O2/c1-2-46-31-22-27(36(39,40)41)12-17-30(31)34-42-32(25-8-13-28(37)14-9-25)33(26-10-15-29(38)16-11-26)44(34)35(45)43-20-18-24(19-21-43)23-6-4-3-5-7-23/h3-17,22,24,32-33H,2,18-21H2,1H3. The molecule has 1 fully saturated rings. The van der Waals surface area contributed by atoms with Gasteiger partial charge in [-0.25, -0.2) is 4.79 Å². The molecular weight excluding hydrogens is 634 g/mol. The molecule has 4 aromatic rings. The van der Waals surface area contributed by atoms with Gasteiger partial charge in [-0.3, -0.25) is 9.89 Å². The summed E-state index contributed by atoms with van der Waals surface area (Å²) in [6.45, 7) is 2.87. The first-order valence-corrected chi connectivity index (χ1v) is 16.0. The van der Waals surface area contributed by atoms with Crippen molar-refractivity contribution in [2.75, 3.05) is 19.7 Å².